The van der Waals surface area contributed by atoms with Crippen molar-refractivity contribution in [2.24, 2.45) is 0 Å². The van der Waals surface area contributed by atoms with Gasteiger partial charge in [-0.05, 0) is 30.7 Å². The molecule has 8 nitrogen and oxygen atoms in total. The van der Waals surface area contributed by atoms with Crippen LogP contribution in [0.3, 0.4) is 0 Å². The van der Waals surface area contributed by atoms with Crippen LogP contribution in [0.5, 0.6) is 0 Å². The lowest BCUT2D eigenvalue weighted by Gasteiger charge is -2.38. The number of carbonyl (C=O) groups is 1. The molecule has 1 aliphatic rings. The second kappa shape index (κ2) is 6.71. The number of rotatable bonds is 2. The summed E-state index contributed by atoms with van der Waals surface area (Å²) in [5, 5.41) is 10.2. The van der Waals surface area contributed by atoms with Gasteiger partial charge in [-0.3, -0.25) is 14.3 Å². The third kappa shape index (κ3) is 2.96. The summed E-state index contributed by atoms with van der Waals surface area (Å²) in [6.45, 7) is 2.57. The van der Waals surface area contributed by atoms with Gasteiger partial charge in [0.2, 0.25) is 0 Å². The first-order valence-corrected chi connectivity index (χ1v) is 8.81. The van der Waals surface area contributed by atoms with Gasteiger partial charge in [0.25, 0.3) is 5.56 Å². The molecule has 0 radical (unpaired) electrons. The van der Waals surface area contributed by atoms with Crippen LogP contribution in [0.1, 0.15) is 18.5 Å². The maximum absolute atomic E-state index is 11.9. The van der Waals surface area contributed by atoms with Crippen molar-refractivity contribution in [3.63, 3.8) is 0 Å². The zero-order valence-electron chi connectivity index (χ0n) is 14.4. The number of morpholine rings is 1. The van der Waals surface area contributed by atoms with Gasteiger partial charge in [0.15, 0.2) is 5.65 Å². The highest BCUT2D eigenvalue weighted by molar-refractivity contribution is 6.31. The molecule has 1 aliphatic heterocycles. The molecule has 0 aliphatic carbocycles. The Kier molecular flexibility index (Phi) is 4.37. The third-order valence-corrected chi connectivity index (χ3v) is 5.07. The number of H-pyrrole nitrogens is 1. The first-order chi connectivity index (χ1) is 13.0. The van der Waals surface area contributed by atoms with Crippen LogP contribution in [0, 0.1) is 0 Å². The van der Waals surface area contributed by atoms with Gasteiger partial charge < -0.3 is 14.8 Å². The number of nitrogens with zero attached hydrogens (tertiary/aromatic N) is 3. The first kappa shape index (κ1) is 17.6. The summed E-state index contributed by atoms with van der Waals surface area (Å²) >= 11 is 6.31. The van der Waals surface area contributed by atoms with Crippen molar-refractivity contribution in [3.8, 4) is 5.69 Å². The summed E-state index contributed by atoms with van der Waals surface area (Å²) in [7, 11) is 0. The third-order valence-electron chi connectivity index (χ3n) is 4.79. The van der Waals surface area contributed by atoms with Crippen molar-refractivity contribution in [1.82, 2.24) is 19.4 Å². The molecule has 0 unspecified atom stereocenters. The molecule has 1 saturated heterocycles. The van der Waals surface area contributed by atoms with Crippen LogP contribution >= 0.6 is 11.6 Å². The molecular formula is C18H17ClN4O4. The number of carboxylic acid groups (broad SMARTS) is 1. The van der Waals surface area contributed by atoms with E-state index in [9.17, 15) is 14.7 Å². The molecule has 1 fully saturated rings. The van der Waals surface area contributed by atoms with E-state index in [4.69, 9.17) is 16.3 Å². The smallest absolute Gasteiger partial charge is 0.407 e. The van der Waals surface area contributed by atoms with Crippen molar-refractivity contribution in [1.29, 1.82) is 0 Å². The number of halogens is 1. The summed E-state index contributed by atoms with van der Waals surface area (Å²) in [6, 6.07) is 8.52. The van der Waals surface area contributed by atoms with Crippen molar-refractivity contribution in [3.05, 3.63) is 57.7 Å². The fourth-order valence-electron chi connectivity index (χ4n) is 3.55. The summed E-state index contributed by atoms with van der Waals surface area (Å²) in [4.78, 5) is 31.6. The molecule has 27 heavy (non-hydrogen) atoms. The predicted octanol–water partition coefficient (Wildman–Crippen LogP) is 2.81. The number of aromatic nitrogens is 3. The van der Waals surface area contributed by atoms with Gasteiger partial charge in [-0.15, -0.1) is 0 Å². The maximum atomic E-state index is 11.9. The minimum Gasteiger partial charge on any atom is -0.465 e. The Balaban J connectivity index is 1.75. The normalized spacial score (nSPS) is 20.1. The van der Waals surface area contributed by atoms with Gasteiger partial charge in [0.05, 0.1) is 30.5 Å². The Morgan fingerprint density at radius 3 is 2.81 bits per heavy atom. The van der Waals surface area contributed by atoms with Crippen LogP contribution in [0.25, 0.3) is 16.7 Å². The molecule has 2 atom stereocenters. The fraction of sp³-hybridized carbons (Fsp3) is 0.278. The molecule has 1 aromatic carbocycles. The molecule has 0 saturated carbocycles. The van der Waals surface area contributed by atoms with Crippen LogP contribution in [0.2, 0.25) is 5.15 Å². The van der Waals surface area contributed by atoms with Crippen molar-refractivity contribution in [2.75, 3.05) is 13.2 Å². The Morgan fingerprint density at radius 1 is 1.37 bits per heavy atom. The maximum Gasteiger partial charge on any atom is 0.407 e. The number of nitrogens with one attached hydrogen (secondary N) is 1. The average Bonchev–Trinajstić information content (AvgIpc) is 2.99. The molecule has 3 heterocycles. The molecule has 1 amide bonds. The molecule has 2 aromatic heterocycles. The second-order valence-corrected chi connectivity index (χ2v) is 6.75. The number of aromatic amines is 1. The summed E-state index contributed by atoms with van der Waals surface area (Å²) in [5.41, 5.74) is 1.75. The fourth-order valence-corrected chi connectivity index (χ4v) is 3.83. The topological polar surface area (TPSA) is 100 Å². The second-order valence-electron chi connectivity index (χ2n) is 6.36. The lowest BCUT2D eigenvalue weighted by Crippen LogP contribution is -2.46. The van der Waals surface area contributed by atoms with Crippen LogP contribution in [0.15, 0.2) is 41.5 Å². The van der Waals surface area contributed by atoms with Crippen LogP contribution in [-0.4, -0.2) is 49.9 Å². The SMILES string of the molecule is C[C@H]1OCCN(C(=O)O)[C@@H]1c1ccc(-n2c(Cl)cc3c(=O)[nH]cnc32)cc1. The minimum absolute atomic E-state index is 0.253. The van der Waals surface area contributed by atoms with E-state index < -0.39 is 6.09 Å². The predicted molar refractivity (Wildman–Crippen MR) is 99.6 cm³/mol. The van der Waals surface area contributed by atoms with Gasteiger partial charge in [0.1, 0.15) is 5.15 Å². The van der Waals surface area contributed by atoms with E-state index in [1.807, 2.05) is 31.2 Å². The first-order valence-electron chi connectivity index (χ1n) is 8.43. The Labute approximate surface area is 159 Å². The van der Waals surface area contributed by atoms with Crippen LogP contribution < -0.4 is 5.56 Å². The molecule has 0 spiro atoms. The number of hydrogen-bond donors (Lipinski definition) is 2. The van der Waals surface area contributed by atoms with Crippen LogP contribution in [0.4, 0.5) is 4.79 Å². The Hall–Kier alpha value is -2.84. The number of benzene rings is 1. The molecule has 4 rings (SSSR count). The van der Waals surface area contributed by atoms with Gasteiger partial charge in [0, 0.05) is 12.2 Å². The molecule has 2 N–H and O–H groups in total. The quantitative estimate of drug-likeness (QED) is 0.703. The zero-order valence-corrected chi connectivity index (χ0v) is 15.2. The van der Waals surface area contributed by atoms with E-state index in [1.165, 1.54) is 11.2 Å². The number of amides is 1. The molecular weight excluding hydrogens is 372 g/mol. The lowest BCUT2D eigenvalue weighted by atomic mass is 9.99. The van der Waals surface area contributed by atoms with Gasteiger partial charge in [-0.2, -0.15) is 0 Å². The molecule has 9 heteroatoms. The lowest BCUT2D eigenvalue weighted by molar-refractivity contribution is -0.0532. The highest BCUT2D eigenvalue weighted by Crippen LogP contribution is 2.31. The summed E-state index contributed by atoms with van der Waals surface area (Å²) in [6.07, 6.45) is 0.108. The van der Waals surface area contributed by atoms with Crippen molar-refractivity contribution in [2.45, 2.75) is 19.1 Å². The van der Waals surface area contributed by atoms with E-state index in [0.717, 1.165) is 11.3 Å². The highest BCUT2D eigenvalue weighted by atomic mass is 35.5. The van der Waals surface area contributed by atoms with E-state index in [2.05, 4.69) is 9.97 Å². The highest BCUT2D eigenvalue weighted by Gasteiger charge is 2.33. The summed E-state index contributed by atoms with van der Waals surface area (Å²) in [5.74, 6) is 0. The number of hydrogen-bond acceptors (Lipinski definition) is 4. The monoisotopic (exact) mass is 388 g/mol. The molecule has 140 valence electrons. The molecule has 3 aromatic rings. The molecule has 0 bridgehead atoms. The van der Waals surface area contributed by atoms with Crippen molar-refractivity contribution >= 4 is 28.7 Å². The average molecular weight is 389 g/mol. The Bertz CT molecular complexity index is 1060. The largest absolute Gasteiger partial charge is 0.465 e. The summed E-state index contributed by atoms with van der Waals surface area (Å²) < 4.78 is 7.31. The standard InChI is InChI=1S/C18H17ClN4O4/c1-10-15(22(18(25)26)6-7-27-10)11-2-4-12(5-3-11)23-14(19)8-13-16(23)20-9-21-17(13)24/h2-5,8-10,15H,6-7H2,1H3,(H,25,26)(H,20,21,24)/t10-,15+/m1/s1. The zero-order chi connectivity index (χ0) is 19.1. The number of fused-ring (bicyclic) bond motifs is 1. The van der Waals surface area contributed by atoms with Crippen LogP contribution in [-0.2, 0) is 4.74 Å². The van der Waals surface area contributed by atoms with Crippen molar-refractivity contribution < 1.29 is 14.6 Å². The van der Waals surface area contributed by atoms with E-state index >= 15 is 0 Å². The van der Waals surface area contributed by atoms with Gasteiger partial charge in [-0.25, -0.2) is 9.78 Å². The number of ether oxygens (including phenoxy) is 1. The van der Waals surface area contributed by atoms with E-state index in [0.29, 0.717) is 29.3 Å². The van der Waals surface area contributed by atoms with Gasteiger partial charge >= 0.3 is 6.09 Å². The minimum atomic E-state index is -0.970. The van der Waals surface area contributed by atoms with Gasteiger partial charge in [-0.1, -0.05) is 23.7 Å². The van der Waals surface area contributed by atoms with E-state index in [1.54, 1.807) is 10.6 Å². The Morgan fingerprint density at radius 2 is 2.11 bits per heavy atom. The van der Waals surface area contributed by atoms with E-state index in [-0.39, 0.29) is 17.7 Å².